The number of rotatable bonds is 8. The quantitative estimate of drug-likeness (QED) is 0.711. The Labute approximate surface area is 147 Å². The van der Waals surface area contributed by atoms with Crippen LogP contribution in [0.25, 0.3) is 0 Å². The number of ether oxygens (including phenoxy) is 1. The van der Waals surface area contributed by atoms with E-state index in [0.717, 1.165) is 22.6 Å². The Morgan fingerprint density at radius 1 is 1.17 bits per heavy atom. The third-order valence-corrected chi connectivity index (χ3v) is 3.55. The van der Waals surface area contributed by atoms with Gasteiger partial charge in [-0.15, -0.1) is 0 Å². The molecule has 24 heavy (non-hydrogen) atoms. The van der Waals surface area contributed by atoms with Crippen molar-refractivity contribution in [2.75, 3.05) is 18.5 Å². The van der Waals surface area contributed by atoms with Crippen molar-refractivity contribution in [2.24, 2.45) is 0 Å². The van der Waals surface area contributed by atoms with E-state index in [9.17, 15) is 4.79 Å². The molecule has 0 aliphatic carbocycles. The number of amides is 1. The van der Waals surface area contributed by atoms with Gasteiger partial charge in [0.2, 0.25) is 5.91 Å². The molecular weight excluding hydrogens is 324 g/mol. The summed E-state index contributed by atoms with van der Waals surface area (Å²) >= 11 is 6.07. The van der Waals surface area contributed by atoms with Crippen LogP contribution in [0.1, 0.15) is 12.5 Å². The van der Waals surface area contributed by atoms with E-state index >= 15 is 0 Å². The van der Waals surface area contributed by atoms with Gasteiger partial charge in [0.25, 0.3) is 0 Å². The lowest BCUT2D eigenvalue weighted by molar-refractivity contribution is -0.115. The second-order valence-electron chi connectivity index (χ2n) is 5.51. The molecule has 5 heteroatoms. The van der Waals surface area contributed by atoms with Crippen molar-refractivity contribution < 1.29 is 9.53 Å². The first kappa shape index (κ1) is 18.0. The minimum absolute atomic E-state index is 0.113. The maximum atomic E-state index is 11.9. The zero-order chi connectivity index (χ0) is 17.4. The van der Waals surface area contributed by atoms with Crippen LogP contribution in [0.15, 0.2) is 60.7 Å². The smallest absolute Gasteiger partial charge is 0.238 e. The van der Waals surface area contributed by atoms with Gasteiger partial charge in [-0.3, -0.25) is 4.79 Å². The second kappa shape index (κ2) is 9.11. The molecule has 0 aliphatic rings. The first-order valence-corrected chi connectivity index (χ1v) is 8.03. The van der Waals surface area contributed by atoms with Gasteiger partial charge in [0.15, 0.2) is 0 Å². The first-order valence-electron chi connectivity index (χ1n) is 7.66. The maximum absolute atomic E-state index is 11.9. The summed E-state index contributed by atoms with van der Waals surface area (Å²) in [7, 11) is 0. The van der Waals surface area contributed by atoms with Crippen LogP contribution < -0.4 is 15.4 Å². The topological polar surface area (TPSA) is 50.4 Å². The number of nitrogens with one attached hydrogen (secondary N) is 2. The van der Waals surface area contributed by atoms with Gasteiger partial charge in [0.1, 0.15) is 12.4 Å². The molecule has 0 saturated carbocycles. The summed E-state index contributed by atoms with van der Waals surface area (Å²) in [6, 6.07) is 14.8. The molecule has 0 radical (unpaired) electrons. The summed E-state index contributed by atoms with van der Waals surface area (Å²) in [6.07, 6.45) is 0. The number of hydrogen-bond donors (Lipinski definition) is 2. The molecule has 0 saturated heterocycles. The van der Waals surface area contributed by atoms with E-state index < -0.39 is 0 Å². The second-order valence-corrected chi connectivity index (χ2v) is 5.92. The molecular formula is C19H21ClN2O2. The summed E-state index contributed by atoms with van der Waals surface area (Å²) in [6.45, 7) is 6.93. The minimum Gasteiger partial charge on any atom is -0.489 e. The molecule has 0 bridgehead atoms. The van der Waals surface area contributed by atoms with Crippen molar-refractivity contribution in [3.63, 3.8) is 0 Å². The summed E-state index contributed by atoms with van der Waals surface area (Å²) in [5, 5.41) is 6.59. The fourth-order valence-corrected chi connectivity index (χ4v) is 2.20. The molecule has 2 rings (SSSR count). The van der Waals surface area contributed by atoms with Gasteiger partial charge in [0, 0.05) is 17.3 Å². The molecule has 2 aromatic rings. The van der Waals surface area contributed by atoms with Gasteiger partial charge in [-0.05, 0) is 48.4 Å². The minimum atomic E-state index is -0.113. The van der Waals surface area contributed by atoms with E-state index in [4.69, 9.17) is 16.3 Å². The Bertz CT molecular complexity index is 699. The van der Waals surface area contributed by atoms with Gasteiger partial charge in [-0.25, -0.2) is 0 Å². The third kappa shape index (κ3) is 6.07. The Hall–Kier alpha value is -2.30. The van der Waals surface area contributed by atoms with E-state index in [1.165, 1.54) is 0 Å². The van der Waals surface area contributed by atoms with Crippen LogP contribution in [0.5, 0.6) is 5.75 Å². The SMILES string of the molecule is C=C(C)COc1ccc(NC(=O)CNCc2ccccc2Cl)cc1. The summed E-state index contributed by atoms with van der Waals surface area (Å²) in [5.41, 5.74) is 2.64. The predicted molar refractivity (Wildman–Crippen MR) is 98.5 cm³/mol. The number of hydrogen-bond acceptors (Lipinski definition) is 3. The van der Waals surface area contributed by atoms with Crippen molar-refractivity contribution in [1.29, 1.82) is 0 Å². The molecule has 1 amide bonds. The average molecular weight is 345 g/mol. The zero-order valence-electron chi connectivity index (χ0n) is 13.6. The van der Waals surface area contributed by atoms with Crippen LogP contribution >= 0.6 is 11.6 Å². The van der Waals surface area contributed by atoms with E-state index in [-0.39, 0.29) is 12.5 Å². The number of anilines is 1. The van der Waals surface area contributed by atoms with E-state index in [2.05, 4.69) is 17.2 Å². The van der Waals surface area contributed by atoms with E-state index in [1.807, 2.05) is 43.3 Å². The molecule has 0 unspecified atom stereocenters. The maximum Gasteiger partial charge on any atom is 0.238 e. The van der Waals surface area contributed by atoms with Crippen molar-refractivity contribution in [3.8, 4) is 5.75 Å². The average Bonchev–Trinajstić information content (AvgIpc) is 2.56. The monoisotopic (exact) mass is 344 g/mol. The highest BCUT2D eigenvalue weighted by molar-refractivity contribution is 6.31. The molecule has 0 aromatic heterocycles. The van der Waals surface area contributed by atoms with Crippen molar-refractivity contribution in [2.45, 2.75) is 13.5 Å². The molecule has 2 N–H and O–H groups in total. The fraction of sp³-hybridized carbons (Fsp3) is 0.211. The number of benzene rings is 2. The van der Waals surface area contributed by atoms with Gasteiger partial charge >= 0.3 is 0 Å². The molecule has 0 heterocycles. The van der Waals surface area contributed by atoms with Crippen LogP contribution in [-0.2, 0) is 11.3 Å². The molecule has 2 aromatic carbocycles. The van der Waals surface area contributed by atoms with Gasteiger partial charge in [0.05, 0.1) is 6.54 Å². The number of carbonyl (C=O) groups is 1. The summed E-state index contributed by atoms with van der Waals surface area (Å²) < 4.78 is 5.52. The highest BCUT2D eigenvalue weighted by Crippen LogP contribution is 2.16. The number of carbonyl (C=O) groups excluding carboxylic acids is 1. The number of halogens is 1. The molecule has 0 spiro atoms. The summed E-state index contributed by atoms with van der Waals surface area (Å²) in [4.78, 5) is 11.9. The molecule has 126 valence electrons. The Balaban J connectivity index is 1.76. The van der Waals surface area contributed by atoms with Crippen LogP contribution in [0.4, 0.5) is 5.69 Å². The third-order valence-electron chi connectivity index (χ3n) is 3.18. The Morgan fingerprint density at radius 2 is 1.88 bits per heavy atom. The Kier molecular flexibility index (Phi) is 6.85. The highest BCUT2D eigenvalue weighted by atomic mass is 35.5. The van der Waals surface area contributed by atoms with Crippen LogP contribution in [0, 0.1) is 0 Å². The standard InChI is InChI=1S/C19H21ClN2O2/c1-14(2)13-24-17-9-7-16(8-10-17)22-19(23)12-21-11-15-5-3-4-6-18(15)20/h3-10,21H,1,11-13H2,2H3,(H,22,23). The van der Waals surface area contributed by atoms with Crippen LogP contribution in [-0.4, -0.2) is 19.1 Å². The molecule has 0 fully saturated rings. The summed E-state index contributed by atoms with van der Waals surface area (Å²) in [5.74, 6) is 0.630. The van der Waals surface area contributed by atoms with Crippen molar-refractivity contribution >= 4 is 23.2 Å². The van der Waals surface area contributed by atoms with Crippen molar-refractivity contribution in [1.82, 2.24) is 5.32 Å². The lowest BCUT2D eigenvalue weighted by atomic mass is 10.2. The van der Waals surface area contributed by atoms with Gasteiger partial charge in [-0.1, -0.05) is 36.4 Å². The highest BCUT2D eigenvalue weighted by Gasteiger charge is 2.04. The normalized spacial score (nSPS) is 10.2. The predicted octanol–water partition coefficient (Wildman–Crippen LogP) is 4.02. The van der Waals surface area contributed by atoms with Crippen molar-refractivity contribution in [3.05, 3.63) is 71.3 Å². The lowest BCUT2D eigenvalue weighted by Gasteiger charge is -2.09. The largest absolute Gasteiger partial charge is 0.489 e. The lowest BCUT2D eigenvalue weighted by Crippen LogP contribution is -2.27. The fourth-order valence-electron chi connectivity index (χ4n) is 2.00. The van der Waals surface area contributed by atoms with Crippen LogP contribution in [0.3, 0.4) is 0 Å². The zero-order valence-corrected chi connectivity index (χ0v) is 14.4. The molecule has 0 atom stereocenters. The van der Waals surface area contributed by atoms with E-state index in [1.54, 1.807) is 12.1 Å². The molecule has 4 nitrogen and oxygen atoms in total. The van der Waals surface area contributed by atoms with E-state index in [0.29, 0.717) is 18.2 Å². The molecule has 0 aliphatic heterocycles. The Morgan fingerprint density at radius 3 is 2.54 bits per heavy atom. The first-order chi connectivity index (χ1) is 11.5. The van der Waals surface area contributed by atoms with Gasteiger partial charge < -0.3 is 15.4 Å². The van der Waals surface area contributed by atoms with Gasteiger partial charge in [-0.2, -0.15) is 0 Å². The van der Waals surface area contributed by atoms with Crippen LogP contribution in [0.2, 0.25) is 5.02 Å².